The van der Waals surface area contributed by atoms with E-state index in [1.807, 2.05) is 0 Å². The number of anilines is 1. The third-order valence-corrected chi connectivity index (χ3v) is 6.33. The highest BCUT2D eigenvalue weighted by Gasteiger charge is 2.20. The number of hydrogen-bond acceptors (Lipinski definition) is 6. The van der Waals surface area contributed by atoms with Crippen LogP contribution in [0.25, 0.3) is 0 Å². The Morgan fingerprint density at radius 1 is 1.10 bits per heavy atom. The van der Waals surface area contributed by atoms with E-state index in [-0.39, 0.29) is 23.9 Å². The Kier molecular flexibility index (Phi) is 7.72. The fourth-order valence-corrected chi connectivity index (χ4v) is 3.87. The number of benzene rings is 2. The number of sulfonamides is 1. The molecule has 0 heterocycles. The normalized spacial score (nSPS) is 11.2. The molecule has 10 heteroatoms. The molecule has 2 aromatic rings. The van der Waals surface area contributed by atoms with Crippen LogP contribution in [0.3, 0.4) is 0 Å². The van der Waals surface area contributed by atoms with Crippen LogP contribution in [0.15, 0.2) is 41.3 Å². The topological polar surface area (TPSA) is 97.0 Å². The van der Waals surface area contributed by atoms with Gasteiger partial charge in [0.2, 0.25) is 15.9 Å². The van der Waals surface area contributed by atoms with Gasteiger partial charge in [0.25, 0.3) is 0 Å². The van der Waals surface area contributed by atoms with Gasteiger partial charge < -0.3 is 20.1 Å². The van der Waals surface area contributed by atoms with E-state index < -0.39 is 10.0 Å². The third-order valence-electron chi connectivity index (χ3n) is 4.12. The van der Waals surface area contributed by atoms with E-state index in [0.29, 0.717) is 27.8 Å². The lowest BCUT2D eigenvalue weighted by Gasteiger charge is -2.16. The van der Waals surface area contributed by atoms with Gasteiger partial charge in [-0.1, -0.05) is 29.8 Å². The minimum absolute atomic E-state index is 0.0518. The summed E-state index contributed by atoms with van der Waals surface area (Å²) in [6, 6.07) is 9.76. The van der Waals surface area contributed by atoms with Crippen LogP contribution >= 0.6 is 11.6 Å². The van der Waals surface area contributed by atoms with Crippen LogP contribution in [-0.2, 0) is 21.4 Å². The lowest BCUT2D eigenvalue weighted by molar-refractivity contribution is -0.119. The van der Waals surface area contributed by atoms with Crippen molar-refractivity contribution in [3.8, 4) is 11.5 Å². The molecule has 29 heavy (non-hydrogen) atoms. The number of carbonyl (C=O) groups excluding carboxylic acids is 1. The molecule has 0 radical (unpaired) electrons. The molecule has 1 amide bonds. The molecule has 2 rings (SSSR count). The Balaban J connectivity index is 2.06. The number of nitrogens with zero attached hydrogens (tertiary/aromatic N) is 1. The Morgan fingerprint density at radius 2 is 1.76 bits per heavy atom. The first-order valence-electron chi connectivity index (χ1n) is 8.63. The molecule has 0 spiro atoms. The Hall–Kier alpha value is -2.49. The summed E-state index contributed by atoms with van der Waals surface area (Å²) in [6.45, 7) is 0.0224. The summed E-state index contributed by atoms with van der Waals surface area (Å²) in [5, 5.41) is 6.07. The van der Waals surface area contributed by atoms with Crippen LogP contribution in [0, 0.1) is 0 Å². The monoisotopic (exact) mass is 441 g/mol. The van der Waals surface area contributed by atoms with E-state index >= 15 is 0 Å². The maximum absolute atomic E-state index is 12.4. The molecule has 0 fully saturated rings. The number of halogens is 1. The standard InChI is InChI=1S/C19H24ClN3O5S/c1-23(2)29(25,26)18-8-6-5-7-13(18)11-22-19(24)12-21-15-10-16(27-3)14(20)9-17(15)28-4/h5-10,21H,11-12H2,1-4H3,(H,22,24). The van der Waals surface area contributed by atoms with Gasteiger partial charge in [-0.05, 0) is 11.6 Å². The van der Waals surface area contributed by atoms with Crippen LogP contribution < -0.4 is 20.1 Å². The molecule has 0 unspecified atom stereocenters. The molecule has 0 saturated carbocycles. The predicted octanol–water partition coefficient (Wildman–Crippen LogP) is 2.34. The fraction of sp³-hybridized carbons (Fsp3) is 0.316. The van der Waals surface area contributed by atoms with Gasteiger partial charge >= 0.3 is 0 Å². The second kappa shape index (κ2) is 9.82. The van der Waals surface area contributed by atoms with Crippen LogP contribution in [-0.4, -0.2) is 53.5 Å². The molecule has 0 bridgehead atoms. The molecule has 0 aliphatic heterocycles. The molecule has 2 N–H and O–H groups in total. The van der Waals surface area contributed by atoms with Gasteiger partial charge in [0, 0.05) is 32.8 Å². The van der Waals surface area contributed by atoms with E-state index in [4.69, 9.17) is 21.1 Å². The highest BCUT2D eigenvalue weighted by Crippen LogP contribution is 2.35. The maximum atomic E-state index is 12.4. The fourth-order valence-electron chi connectivity index (χ4n) is 2.53. The number of nitrogens with one attached hydrogen (secondary N) is 2. The van der Waals surface area contributed by atoms with Crippen LogP contribution in [0.5, 0.6) is 11.5 Å². The summed E-state index contributed by atoms with van der Waals surface area (Å²) in [5.41, 5.74) is 1.04. The number of carbonyl (C=O) groups is 1. The van der Waals surface area contributed by atoms with Gasteiger partial charge in [-0.3, -0.25) is 4.79 Å². The Morgan fingerprint density at radius 3 is 2.38 bits per heavy atom. The van der Waals surface area contributed by atoms with Crippen molar-refractivity contribution in [2.45, 2.75) is 11.4 Å². The van der Waals surface area contributed by atoms with E-state index in [2.05, 4.69) is 10.6 Å². The van der Waals surface area contributed by atoms with Gasteiger partial charge in [0.15, 0.2) is 0 Å². The summed E-state index contributed by atoms with van der Waals surface area (Å²) >= 11 is 6.07. The van der Waals surface area contributed by atoms with Crippen molar-refractivity contribution in [1.82, 2.24) is 9.62 Å². The summed E-state index contributed by atoms with van der Waals surface area (Å²) < 4.78 is 36.4. The summed E-state index contributed by atoms with van der Waals surface area (Å²) in [7, 11) is 2.29. The Bertz CT molecular complexity index is 980. The van der Waals surface area contributed by atoms with Crippen molar-refractivity contribution in [1.29, 1.82) is 0 Å². The van der Waals surface area contributed by atoms with Crippen molar-refractivity contribution in [2.75, 3.05) is 40.2 Å². The van der Waals surface area contributed by atoms with Gasteiger partial charge in [0.1, 0.15) is 11.5 Å². The average molecular weight is 442 g/mol. The molecule has 0 aliphatic carbocycles. The van der Waals surface area contributed by atoms with Crippen molar-refractivity contribution < 1.29 is 22.7 Å². The summed E-state index contributed by atoms with van der Waals surface area (Å²) in [5.74, 6) is 0.585. The van der Waals surface area contributed by atoms with Gasteiger partial charge in [-0.15, -0.1) is 0 Å². The van der Waals surface area contributed by atoms with Crippen LogP contribution in [0.2, 0.25) is 5.02 Å². The van der Waals surface area contributed by atoms with E-state index in [9.17, 15) is 13.2 Å². The largest absolute Gasteiger partial charge is 0.495 e. The van der Waals surface area contributed by atoms with Gasteiger partial charge in [0.05, 0.1) is 36.4 Å². The first-order chi connectivity index (χ1) is 13.7. The number of rotatable bonds is 9. The SMILES string of the molecule is COc1cc(NCC(=O)NCc2ccccc2S(=O)(=O)N(C)C)c(OC)cc1Cl. The number of methoxy groups -OCH3 is 2. The van der Waals surface area contributed by atoms with E-state index in [1.54, 1.807) is 30.3 Å². The predicted molar refractivity (Wildman–Crippen MR) is 112 cm³/mol. The number of amides is 1. The van der Waals surface area contributed by atoms with Crippen LogP contribution in [0.1, 0.15) is 5.56 Å². The molecular weight excluding hydrogens is 418 g/mol. The van der Waals surface area contributed by atoms with Crippen molar-refractivity contribution in [3.05, 3.63) is 47.0 Å². The highest BCUT2D eigenvalue weighted by atomic mass is 35.5. The van der Waals surface area contributed by atoms with Gasteiger partial charge in [-0.2, -0.15) is 0 Å². The highest BCUT2D eigenvalue weighted by molar-refractivity contribution is 7.89. The first-order valence-corrected chi connectivity index (χ1v) is 10.4. The smallest absolute Gasteiger partial charge is 0.242 e. The first kappa shape index (κ1) is 22.8. The van der Waals surface area contributed by atoms with E-state index in [1.165, 1.54) is 34.4 Å². The maximum Gasteiger partial charge on any atom is 0.242 e. The zero-order valence-corrected chi connectivity index (χ0v) is 18.2. The molecule has 0 aromatic heterocycles. The van der Waals surface area contributed by atoms with Crippen molar-refractivity contribution in [2.24, 2.45) is 0 Å². The lowest BCUT2D eigenvalue weighted by atomic mass is 10.2. The summed E-state index contributed by atoms with van der Waals surface area (Å²) in [6.07, 6.45) is 0. The quantitative estimate of drug-likeness (QED) is 0.620. The van der Waals surface area contributed by atoms with Gasteiger partial charge in [-0.25, -0.2) is 12.7 Å². The molecule has 158 valence electrons. The lowest BCUT2D eigenvalue weighted by Crippen LogP contribution is -2.31. The second-order valence-corrected chi connectivity index (χ2v) is 8.74. The zero-order chi connectivity index (χ0) is 21.6. The van der Waals surface area contributed by atoms with E-state index in [0.717, 1.165) is 4.31 Å². The molecule has 2 aromatic carbocycles. The van der Waals surface area contributed by atoms with Crippen LogP contribution in [0.4, 0.5) is 5.69 Å². The molecule has 0 saturated heterocycles. The Labute approximate surface area is 175 Å². The average Bonchev–Trinajstić information content (AvgIpc) is 2.70. The summed E-state index contributed by atoms with van der Waals surface area (Å²) in [4.78, 5) is 12.4. The van der Waals surface area contributed by atoms with Crippen molar-refractivity contribution in [3.63, 3.8) is 0 Å². The van der Waals surface area contributed by atoms with Crippen molar-refractivity contribution >= 4 is 33.2 Å². The molecule has 8 nitrogen and oxygen atoms in total. The zero-order valence-electron chi connectivity index (χ0n) is 16.7. The molecule has 0 aliphatic rings. The number of ether oxygens (including phenoxy) is 2. The molecular formula is C19H24ClN3O5S. The minimum Gasteiger partial charge on any atom is -0.495 e. The minimum atomic E-state index is -3.61. The molecule has 0 atom stereocenters. The number of hydrogen-bond donors (Lipinski definition) is 2. The second-order valence-electron chi connectivity index (χ2n) is 6.21. The third kappa shape index (κ3) is 5.53.